The molecule has 1 amide bonds. The number of carbonyl (C=O) groups is 1. The number of aliphatic hydroxyl groups is 1. The molecule has 0 spiro atoms. The van der Waals surface area contributed by atoms with E-state index < -0.39 is 18.9 Å². The summed E-state index contributed by atoms with van der Waals surface area (Å²) in [5, 5.41) is 12.7. The van der Waals surface area contributed by atoms with Crippen LogP contribution in [0.4, 0.5) is 8.78 Å². The molecule has 1 aromatic rings. The molecular weight excluding hydrogens is 232 g/mol. The van der Waals surface area contributed by atoms with Crippen LogP contribution in [0.25, 0.3) is 0 Å². The highest BCUT2D eigenvalue weighted by atomic mass is 19.3. The molecule has 96 valence electrons. The SMILES string of the molecule is Cc1nn(C)cc1C(=O)N(CCO)CC(F)F. The summed E-state index contributed by atoms with van der Waals surface area (Å²) in [7, 11) is 1.65. The first-order valence-electron chi connectivity index (χ1n) is 5.14. The van der Waals surface area contributed by atoms with Gasteiger partial charge in [0, 0.05) is 19.8 Å². The van der Waals surface area contributed by atoms with Crippen LogP contribution in [0.15, 0.2) is 6.20 Å². The summed E-state index contributed by atoms with van der Waals surface area (Å²) in [5.41, 5.74) is 0.760. The van der Waals surface area contributed by atoms with Crippen molar-refractivity contribution in [2.75, 3.05) is 19.7 Å². The van der Waals surface area contributed by atoms with Crippen LogP contribution in [-0.4, -0.2) is 51.8 Å². The number of rotatable bonds is 5. The second kappa shape index (κ2) is 5.72. The maximum Gasteiger partial charge on any atom is 0.257 e. The van der Waals surface area contributed by atoms with Crippen LogP contribution in [0.1, 0.15) is 16.1 Å². The summed E-state index contributed by atoms with van der Waals surface area (Å²) >= 11 is 0. The van der Waals surface area contributed by atoms with E-state index in [0.717, 1.165) is 4.90 Å². The zero-order valence-electron chi connectivity index (χ0n) is 9.73. The fraction of sp³-hybridized carbons (Fsp3) is 0.600. The second-order valence-corrected chi connectivity index (χ2v) is 3.67. The van der Waals surface area contributed by atoms with Crippen molar-refractivity contribution in [1.82, 2.24) is 14.7 Å². The van der Waals surface area contributed by atoms with Gasteiger partial charge in [-0.25, -0.2) is 8.78 Å². The number of aryl methyl sites for hydroxylation is 2. The summed E-state index contributed by atoms with van der Waals surface area (Å²) in [6.07, 6.45) is -1.14. The van der Waals surface area contributed by atoms with Gasteiger partial charge < -0.3 is 10.0 Å². The lowest BCUT2D eigenvalue weighted by molar-refractivity contribution is 0.0508. The molecule has 0 unspecified atom stereocenters. The monoisotopic (exact) mass is 247 g/mol. The molecule has 0 saturated carbocycles. The number of aromatic nitrogens is 2. The number of halogens is 2. The van der Waals surface area contributed by atoms with Gasteiger partial charge in [-0.15, -0.1) is 0 Å². The largest absolute Gasteiger partial charge is 0.395 e. The van der Waals surface area contributed by atoms with Crippen LogP contribution >= 0.6 is 0 Å². The number of alkyl halides is 2. The number of aliphatic hydroxyl groups excluding tert-OH is 1. The van der Waals surface area contributed by atoms with E-state index in [1.54, 1.807) is 14.0 Å². The van der Waals surface area contributed by atoms with Crippen molar-refractivity contribution < 1.29 is 18.7 Å². The minimum Gasteiger partial charge on any atom is -0.395 e. The van der Waals surface area contributed by atoms with E-state index in [4.69, 9.17) is 5.11 Å². The standard InChI is InChI=1S/C10H15F2N3O2/c1-7-8(5-14(2)13-7)10(17)15(3-4-16)6-9(11)12/h5,9,16H,3-4,6H2,1-2H3. The normalized spacial score (nSPS) is 10.9. The highest BCUT2D eigenvalue weighted by Crippen LogP contribution is 2.10. The van der Waals surface area contributed by atoms with Crippen LogP contribution in [0.2, 0.25) is 0 Å². The Morgan fingerprint density at radius 1 is 1.65 bits per heavy atom. The fourth-order valence-corrected chi connectivity index (χ4v) is 1.54. The van der Waals surface area contributed by atoms with Gasteiger partial charge in [-0.05, 0) is 6.92 Å². The summed E-state index contributed by atoms with van der Waals surface area (Å²) in [6, 6.07) is 0. The van der Waals surface area contributed by atoms with E-state index in [1.807, 2.05) is 0 Å². The lowest BCUT2D eigenvalue weighted by Gasteiger charge is -2.20. The molecule has 0 atom stereocenters. The first-order chi connectivity index (χ1) is 7.95. The van der Waals surface area contributed by atoms with Crippen molar-refractivity contribution in [3.05, 3.63) is 17.5 Å². The molecule has 0 aliphatic rings. The number of hydrogen-bond donors (Lipinski definition) is 1. The molecule has 5 nitrogen and oxygen atoms in total. The molecule has 0 radical (unpaired) electrons. The van der Waals surface area contributed by atoms with Crippen LogP contribution < -0.4 is 0 Å². The molecule has 1 N–H and O–H groups in total. The predicted octanol–water partition coefficient (Wildman–Crippen LogP) is 0.428. The minimum atomic E-state index is -2.62. The number of hydrogen-bond acceptors (Lipinski definition) is 3. The van der Waals surface area contributed by atoms with E-state index in [0.29, 0.717) is 5.69 Å². The molecule has 0 aliphatic carbocycles. The van der Waals surface area contributed by atoms with Gasteiger partial charge in [-0.3, -0.25) is 9.48 Å². The Balaban J connectivity index is 2.87. The van der Waals surface area contributed by atoms with E-state index in [1.165, 1.54) is 10.9 Å². The molecule has 1 heterocycles. The Kier molecular flexibility index (Phi) is 4.56. The number of nitrogens with zero attached hydrogens (tertiary/aromatic N) is 3. The van der Waals surface area contributed by atoms with Crippen LogP contribution in [0, 0.1) is 6.92 Å². The van der Waals surface area contributed by atoms with Crippen molar-refractivity contribution in [3.8, 4) is 0 Å². The minimum absolute atomic E-state index is 0.114. The Bertz CT molecular complexity index is 393. The molecule has 0 saturated heterocycles. The highest BCUT2D eigenvalue weighted by molar-refractivity contribution is 5.95. The van der Waals surface area contributed by atoms with Crippen LogP contribution in [0.3, 0.4) is 0 Å². The zero-order chi connectivity index (χ0) is 13.0. The van der Waals surface area contributed by atoms with Gasteiger partial charge >= 0.3 is 0 Å². The summed E-state index contributed by atoms with van der Waals surface area (Å²) < 4.78 is 26.0. The summed E-state index contributed by atoms with van der Waals surface area (Å²) in [6.45, 7) is 0.482. The van der Waals surface area contributed by atoms with Gasteiger partial charge in [0.2, 0.25) is 0 Å². The van der Waals surface area contributed by atoms with Crippen molar-refractivity contribution in [2.45, 2.75) is 13.3 Å². The average Bonchev–Trinajstić information content (AvgIpc) is 2.55. The van der Waals surface area contributed by atoms with E-state index in [-0.39, 0.29) is 18.7 Å². The second-order valence-electron chi connectivity index (χ2n) is 3.67. The quantitative estimate of drug-likeness (QED) is 0.820. The molecule has 0 fully saturated rings. The Hall–Kier alpha value is -1.50. The molecule has 17 heavy (non-hydrogen) atoms. The van der Waals surface area contributed by atoms with Gasteiger partial charge in [0.25, 0.3) is 12.3 Å². The number of carbonyl (C=O) groups excluding carboxylic acids is 1. The maximum atomic E-state index is 12.3. The third-order valence-corrected chi connectivity index (χ3v) is 2.26. The lowest BCUT2D eigenvalue weighted by atomic mass is 10.2. The van der Waals surface area contributed by atoms with E-state index >= 15 is 0 Å². The first kappa shape index (κ1) is 13.6. The molecular formula is C10H15F2N3O2. The van der Waals surface area contributed by atoms with Crippen molar-refractivity contribution in [1.29, 1.82) is 0 Å². The highest BCUT2D eigenvalue weighted by Gasteiger charge is 2.22. The fourth-order valence-electron chi connectivity index (χ4n) is 1.54. The molecule has 0 aromatic carbocycles. The third kappa shape index (κ3) is 3.48. The molecule has 7 heteroatoms. The van der Waals surface area contributed by atoms with Gasteiger partial charge in [-0.2, -0.15) is 5.10 Å². The summed E-state index contributed by atoms with van der Waals surface area (Å²) in [4.78, 5) is 12.9. The number of amides is 1. The average molecular weight is 247 g/mol. The zero-order valence-corrected chi connectivity index (χ0v) is 9.73. The molecule has 1 aromatic heterocycles. The summed E-state index contributed by atoms with van der Waals surface area (Å²) in [5.74, 6) is -0.537. The molecule has 0 aliphatic heterocycles. The van der Waals surface area contributed by atoms with Crippen molar-refractivity contribution >= 4 is 5.91 Å². The van der Waals surface area contributed by atoms with E-state index in [9.17, 15) is 13.6 Å². The maximum absolute atomic E-state index is 12.3. The van der Waals surface area contributed by atoms with Gasteiger partial charge in [0.05, 0.1) is 24.4 Å². The van der Waals surface area contributed by atoms with Gasteiger partial charge in [0.1, 0.15) is 0 Å². The first-order valence-corrected chi connectivity index (χ1v) is 5.14. The van der Waals surface area contributed by atoms with Crippen LogP contribution in [-0.2, 0) is 7.05 Å². The van der Waals surface area contributed by atoms with Gasteiger partial charge in [0.15, 0.2) is 0 Å². The van der Waals surface area contributed by atoms with Gasteiger partial charge in [-0.1, -0.05) is 0 Å². The Morgan fingerprint density at radius 2 is 2.29 bits per heavy atom. The predicted molar refractivity (Wildman–Crippen MR) is 56.9 cm³/mol. The van der Waals surface area contributed by atoms with E-state index in [2.05, 4.69) is 5.10 Å². The van der Waals surface area contributed by atoms with Crippen LogP contribution in [0.5, 0.6) is 0 Å². The van der Waals surface area contributed by atoms with Crippen molar-refractivity contribution in [2.24, 2.45) is 7.05 Å². The topological polar surface area (TPSA) is 58.4 Å². The Morgan fingerprint density at radius 3 is 2.71 bits per heavy atom. The third-order valence-electron chi connectivity index (χ3n) is 2.26. The van der Waals surface area contributed by atoms with Crippen molar-refractivity contribution in [3.63, 3.8) is 0 Å². The lowest BCUT2D eigenvalue weighted by Crippen LogP contribution is -2.37. The molecule has 0 bridgehead atoms. The smallest absolute Gasteiger partial charge is 0.257 e. The molecule has 1 rings (SSSR count). The Labute approximate surface area is 97.6 Å².